The maximum absolute atomic E-state index is 12.7. The van der Waals surface area contributed by atoms with Crippen molar-refractivity contribution in [1.82, 2.24) is 0 Å². The molecule has 2 heterocycles. The molecule has 130 valence electrons. The van der Waals surface area contributed by atoms with E-state index in [4.69, 9.17) is 9.47 Å². The van der Waals surface area contributed by atoms with Crippen LogP contribution in [0, 0.1) is 11.8 Å². The number of hydrogen-bond donors (Lipinski definition) is 2. The lowest BCUT2D eigenvalue weighted by Crippen LogP contribution is -2.56. The monoisotopic (exact) mass is 332 g/mol. The number of carbonyl (C=O) groups is 1. The molecule has 4 rings (SSSR count). The van der Waals surface area contributed by atoms with E-state index in [1.54, 1.807) is 13.8 Å². The Morgan fingerprint density at radius 3 is 2.79 bits per heavy atom. The highest BCUT2D eigenvalue weighted by atomic mass is 16.7. The maximum atomic E-state index is 12.7. The summed E-state index contributed by atoms with van der Waals surface area (Å²) in [5, 5.41) is 20.8. The molecule has 0 spiro atoms. The van der Waals surface area contributed by atoms with E-state index in [-0.39, 0.29) is 40.6 Å². The van der Waals surface area contributed by atoms with E-state index in [2.05, 4.69) is 0 Å². The van der Waals surface area contributed by atoms with Gasteiger partial charge in [0.1, 0.15) is 22.8 Å². The zero-order valence-corrected chi connectivity index (χ0v) is 14.2. The van der Waals surface area contributed by atoms with Gasteiger partial charge in [-0.3, -0.25) is 4.79 Å². The summed E-state index contributed by atoms with van der Waals surface area (Å²) in [6.45, 7) is 4.24. The zero-order chi connectivity index (χ0) is 17.1. The van der Waals surface area contributed by atoms with E-state index < -0.39 is 5.79 Å². The van der Waals surface area contributed by atoms with Crippen molar-refractivity contribution in [2.24, 2.45) is 11.8 Å². The molecule has 3 atom stereocenters. The van der Waals surface area contributed by atoms with Crippen molar-refractivity contribution in [3.8, 4) is 17.2 Å². The summed E-state index contributed by atoms with van der Waals surface area (Å²) < 4.78 is 12.4. The van der Waals surface area contributed by atoms with Crippen molar-refractivity contribution in [3.63, 3.8) is 0 Å². The number of ether oxygens (including phenoxy) is 2. The van der Waals surface area contributed by atoms with Crippen LogP contribution >= 0.6 is 0 Å². The first-order valence-corrected chi connectivity index (χ1v) is 8.90. The van der Waals surface area contributed by atoms with Gasteiger partial charge in [-0.15, -0.1) is 0 Å². The molecule has 2 fully saturated rings. The van der Waals surface area contributed by atoms with Crippen molar-refractivity contribution in [2.75, 3.05) is 6.61 Å². The average molecular weight is 332 g/mol. The summed E-state index contributed by atoms with van der Waals surface area (Å²) in [5.41, 5.74) is 0.874. The third-order valence-electron chi connectivity index (χ3n) is 5.79. The van der Waals surface area contributed by atoms with Crippen LogP contribution in [-0.2, 0) is 4.74 Å². The quantitative estimate of drug-likeness (QED) is 0.807. The number of aromatic hydroxyl groups is 2. The summed E-state index contributed by atoms with van der Waals surface area (Å²) in [6, 6.07) is 1.29. The number of Topliss-reactive ketones (excluding diaryl/α,β-unsaturated/α-hetero) is 1. The van der Waals surface area contributed by atoms with E-state index in [0.29, 0.717) is 17.9 Å². The summed E-state index contributed by atoms with van der Waals surface area (Å²) in [6.07, 6.45) is 4.68. The Balaban J connectivity index is 1.94. The molecule has 1 saturated heterocycles. The van der Waals surface area contributed by atoms with Gasteiger partial charge in [0, 0.05) is 35.8 Å². The molecule has 0 aromatic heterocycles. The molecule has 1 saturated carbocycles. The topological polar surface area (TPSA) is 76.0 Å². The van der Waals surface area contributed by atoms with Crippen LogP contribution in [0.4, 0.5) is 0 Å². The summed E-state index contributed by atoms with van der Waals surface area (Å²) in [4.78, 5) is 12.7. The van der Waals surface area contributed by atoms with E-state index >= 15 is 0 Å². The number of phenols is 2. The average Bonchev–Trinajstić information content (AvgIpc) is 2.53. The van der Waals surface area contributed by atoms with E-state index in [1.165, 1.54) is 6.07 Å². The Morgan fingerprint density at radius 1 is 1.25 bits per heavy atom. The van der Waals surface area contributed by atoms with Gasteiger partial charge in [-0.05, 0) is 25.7 Å². The molecule has 3 unspecified atom stereocenters. The lowest BCUT2D eigenvalue weighted by Gasteiger charge is -2.53. The van der Waals surface area contributed by atoms with Crippen molar-refractivity contribution < 1.29 is 24.5 Å². The Labute approximate surface area is 141 Å². The molecule has 1 aromatic rings. The van der Waals surface area contributed by atoms with Gasteiger partial charge in [0.05, 0.1) is 6.61 Å². The molecule has 0 amide bonds. The van der Waals surface area contributed by atoms with E-state index in [9.17, 15) is 15.0 Å². The molecule has 1 aliphatic carbocycles. The fourth-order valence-corrected chi connectivity index (χ4v) is 4.72. The van der Waals surface area contributed by atoms with Crippen LogP contribution in [-0.4, -0.2) is 28.4 Å². The third kappa shape index (κ3) is 2.07. The number of fused-ring (bicyclic) bond motifs is 2. The maximum Gasteiger partial charge on any atom is 0.214 e. The number of phenolic OH excluding ortho intramolecular Hbond substituents is 2. The molecule has 2 N–H and O–H groups in total. The number of benzene rings is 1. The van der Waals surface area contributed by atoms with Crippen molar-refractivity contribution in [2.45, 2.75) is 57.7 Å². The van der Waals surface area contributed by atoms with Crippen molar-refractivity contribution in [3.05, 3.63) is 17.2 Å². The second-order valence-electron chi connectivity index (χ2n) is 7.56. The Hall–Kier alpha value is -1.75. The molecule has 2 aliphatic heterocycles. The van der Waals surface area contributed by atoms with Gasteiger partial charge in [0.25, 0.3) is 0 Å². The highest BCUT2D eigenvalue weighted by Crippen LogP contribution is 2.60. The third-order valence-corrected chi connectivity index (χ3v) is 5.79. The lowest BCUT2D eigenvalue weighted by atomic mass is 9.66. The first-order chi connectivity index (χ1) is 11.4. The normalized spacial score (nSPS) is 31.1. The number of hydrogen-bond acceptors (Lipinski definition) is 5. The van der Waals surface area contributed by atoms with Crippen LogP contribution in [0.5, 0.6) is 17.2 Å². The largest absolute Gasteiger partial charge is 0.507 e. The number of ketones is 1. The van der Waals surface area contributed by atoms with Crippen molar-refractivity contribution >= 4 is 5.78 Å². The molecule has 5 heteroatoms. The molecule has 3 aliphatic rings. The summed E-state index contributed by atoms with van der Waals surface area (Å²) >= 11 is 0. The van der Waals surface area contributed by atoms with Crippen LogP contribution in [0.2, 0.25) is 0 Å². The van der Waals surface area contributed by atoms with Gasteiger partial charge in [-0.2, -0.15) is 0 Å². The van der Waals surface area contributed by atoms with Crippen LogP contribution in [0.3, 0.4) is 0 Å². The minimum atomic E-state index is -0.708. The van der Waals surface area contributed by atoms with E-state index in [1.807, 2.05) is 0 Å². The fourth-order valence-electron chi connectivity index (χ4n) is 4.72. The smallest absolute Gasteiger partial charge is 0.214 e. The minimum absolute atomic E-state index is 0.0221. The molecule has 1 aromatic carbocycles. The van der Waals surface area contributed by atoms with Gasteiger partial charge in [0.15, 0.2) is 5.78 Å². The second-order valence-corrected chi connectivity index (χ2v) is 7.56. The van der Waals surface area contributed by atoms with Gasteiger partial charge in [-0.1, -0.05) is 13.8 Å². The van der Waals surface area contributed by atoms with E-state index in [0.717, 1.165) is 32.1 Å². The van der Waals surface area contributed by atoms with Crippen LogP contribution < -0.4 is 4.74 Å². The van der Waals surface area contributed by atoms with Gasteiger partial charge < -0.3 is 19.7 Å². The summed E-state index contributed by atoms with van der Waals surface area (Å²) in [5.74, 6) is -0.688. The Bertz CT molecular complexity index is 691. The standard InChI is InChI=1S/C19H24O5/c1-10(2)17(22)16-14(21)9-13(20)15-11-5-3-7-19(24-18(15)16)12(11)6-4-8-23-19/h9-12,20-21H,3-8H2,1-2H3. The molecule has 0 radical (unpaired) electrons. The van der Waals surface area contributed by atoms with Gasteiger partial charge in [0.2, 0.25) is 5.79 Å². The molecule has 2 bridgehead atoms. The predicted octanol–water partition coefficient (Wildman–Crippen LogP) is 3.72. The summed E-state index contributed by atoms with van der Waals surface area (Å²) in [7, 11) is 0. The Kier molecular flexibility index (Phi) is 3.53. The van der Waals surface area contributed by atoms with Crippen LogP contribution in [0.1, 0.15) is 67.8 Å². The molecule has 5 nitrogen and oxygen atoms in total. The number of rotatable bonds is 2. The van der Waals surface area contributed by atoms with Gasteiger partial charge in [-0.25, -0.2) is 0 Å². The minimum Gasteiger partial charge on any atom is -0.507 e. The molecule has 24 heavy (non-hydrogen) atoms. The lowest BCUT2D eigenvalue weighted by molar-refractivity contribution is -0.266. The van der Waals surface area contributed by atoms with Gasteiger partial charge >= 0.3 is 0 Å². The SMILES string of the molecule is CC(C)C(=O)c1c(O)cc(O)c2c1OC13CCCC2C1CCCO3. The fraction of sp³-hybridized carbons (Fsp3) is 0.632. The van der Waals surface area contributed by atoms with Crippen LogP contribution in [0.15, 0.2) is 6.07 Å². The van der Waals surface area contributed by atoms with Crippen LogP contribution in [0.25, 0.3) is 0 Å². The molecular formula is C19H24O5. The molecular weight excluding hydrogens is 308 g/mol. The first-order valence-electron chi connectivity index (χ1n) is 8.90. The van der Waals surface area contributed by atoms with Crippen molar-refractivity contribution in [1.29, 1.82) is 0 Å². The number of carbonyl (C=O) groups excluding carboxylic acids is 1. The first kappa shape index (κ1) is 15.8. The zero-order valence-electron chi connectivity index (χ0n) is 14.2. The highest BCUT2D eigenvalue weighted by molar-refractivity contribution is 6.03. The predicted molar refractivity (Wildman–Crippen MR) is 87.6 cm³/mol. The second kappa shape index (κ2) is 5.38. The highest BCUT2D eigenvalue weighted by Gasteiger charge is 2.56. The Morgan fingerprint density at radius 2 is 2.04 bits per heavy atom.